The van der Waals surface area contributed by atoms with Crippen LogP contribution in [0.3, 0.4) is 0 Å². The lowest BCUT2D eigenvalue weighted by atomic mass is 9.94. The molecule has 0 radical (unpaired) electrons. The molecule has 88 valence electrons. The lowest BCUT2D eigenvalue weighted by Crippen LogP contribution is -2.27. The van der Waals surface area contributed by atoms with Gasteiger partial charge in [-0.2, -0.15) is 11.8 Å². The Hall–Kier alpha value is -0.510. The Balaban J connectivity index is 4.11. The number of carboxylic acids is 1. The predicted molar refractivity (Wildman–Crippen MR) is 63.2 cm³/mol. The molecule has 0 bridgehead atoms. The Kier molecular flexibility index (Phi) is 7.48. The van der Waals surface area contributed by atoms with E-state index in [-0.39, 0.29) is 11.7 Å². The first-order valence-corrected chi connectivity index (χ1v) is 6.47. The van der Waals surface area contributed by atoms with Gasteiger partial charge in [-0.1, -0.05) is 20.8 Å². The molecule has 1 atom stereocenters. The minimum Gasteiger partial charge on any atom is -0.481 e. The second kappa shape index (κ2) is 7.74. The minimum absolute atomic E-state index is 0.144. The Bertz CT molecular complexity index is 214. The van der Waals surface area contributed by atoms with Crippen molar-refractivity contribution in [2.45, 2.75) is 33.6 Å². The largest absolute Gasteiger partial charge is 0.481 e. The summed E-state index contributed by atoms with van der Waals surface area (Å²) in [6.45, 7) is 5.91. The Morgan fingerprint density at radius 2 is 1.93 bits per heavy atom. The van der Waals surface area contributed by atoms with Gasteiger partial charge in [0.25, 0.3) is 0 Å². The molecule has 4 heteroatoms. The summed E-state index contributed by atoms with van der Waals surface area (Å²) >= 11 is 1.52. The highest BCUT2D eigenvalue weighted by atomic mass is 32.2. The minimum atomic E-state index is -0.981. The molecule has 0 amide bonds. The predicted octanol–water partition coefficient (Wildman–Crippen LogP) is 2.45. The van der Waals surface area contributed by atoms with Crippen molar-refractivity contribution in [3.8, 4) is 0 Å². The molecule has 0 aliphatic carbocycles. The van der Waals surface area contributed by atoms with Gasteiger partial charge >= 0.3 is 5.97 Å². The summed E-state index contributed by atoms with van der Waals surface area (Å²) in [7, 11) is 0. The van der Waals surface area contributed by atoms with Gasteiger partial charge < -0.3 is 5.11 Å². The van der Waals surface area contributed by atoms with Crippen LogP contribution < -0.4 is 0 Å². The van der Waals surface area contributed by atoms with E-state index in [9.17, 15) is 9.59 Å². The highest BCUT2D eigenvalue weighted by molar-refractivity contribution is 7.99. The van der Waals surface area contributed by atoms with Crippen molar-refractivity contribution < 1.29 is 14.7 Å². The number of carbonyl (C=O) groups excluding carboxylic acids is 1. The number of carbonyl (C=O) groups is 2. The van der Waals surface area contributed by atoms with Gasteiger partial charge in [0.2, 0.25) is 0 Å². The number of rotatable bonds is 8. The Morgan fingerprint density at radius 1 is 1.33 bits per heavy atom. The summed E-state index contributed by atoms with van der Waals surface area (Å²) < 4.78 is 0. The second-order valence-corrected chi connectivity index (χ2v) is 5.14. The van der Waals surface area contributed by atoms with Gasteiger partial charge in [0.1, 0.15) is 5.92 Å². The van der Waals surface area contributed by atoms with Crippen molar-refractivity contribution in [1.82, 2.24) is 0 Å². The van der Waals surface area contributed by atoms with Crippen LogP contribution in [0, 0.1) is 11.8 Å². The smallest absolute Gasteiger partial charge is 0.314 e. The van der Waals surface area contributed by atoms with E-state index in [4.69, 9.17) is 5.11 Å². The number of ketones is 1. The standard InChI is InChI=1S/C11H20O3S/c1-4-5-15-7-10(12)9(11(13)14)6-8(2)3/h8-9H,4-7H2,1-3H3,(H,13,14). The third-order valence-electron chi connectivity index (χ3n) is 1.99. The van der Waals surface area contributed by atoms with Crippen molar-refractivity contribution in [2.75, 3.05) is 11.5 Å². The van der Waals surface area contributed by atoms with E-state index in [0.29, 0.717) is 12.2 Å². The normalized spacial score (nSPS) is 12.8. The lowest BCUT2D eigenvalue weighted by molar-refractivity contribution is -0.146. The molecular weight excluding hydrogens is 212 g/mol. The molecule has 0 aromatic heterocycles. The van der Waals surface area contributed by atoms with Gasteiger partial charge in [0.05, 0.1) is 5.75 Å². The average molecular weight is 232 g/mol. The first-order valence-electron chi connectivity index (χ1n) is 5.32. The van der Waals surface area contributed by atoms with E-state index in [0.717, 1.165) is 12.2 Å². The Morgan fingerprint density at radius 3 is 2.33 bits per heavy atom. The van der Waals surface area contributed by atoms with Crippen LogP contribution in [0.15, 0.2) is 0 Å². The molecule has 0 saturated heterocycles. The molecular formula is C11H20O3S. The number of carboxylic acid groups (broad SMARTS) is 1. The maximum absolute atomic E-state index is 11.6. The van der Waals surface area contributed by atoms with E-state index in [2.05, 4.69) is 0 Å². The van der Waals surface area contributed by atoms with Gasteiger partial charge in [-0.15, -0.1) is 0 Å². The van der Waals surface area contributed by atoms with Crippen LogP contribution in [0.2, 0.25) is 0 Å². The molecule has 0 heterocycles. The molecule has 0 aromatic rings. The molecule has 0 fully saturated rings. The van der Waals surface area contributed by atoms with Crippen LogP contribution in [0.4, 0.5) is 0 Å². The van der Waals surface area contributed by atoms with E-state index < -0.39 is 11.9 Å². The third-order valence-corrected chi connectivity index (χ3v) is 3.17. The van der Waals surface area contributed by atoms with Crippen molar-refractivity contribution in [2.24, 2.45) is 11.8 Å². The first kappa shape index (κ1) is 14.5. The number of hydrogen-bond acceptors (Lipinski definition) is 3. The molecule has 1 N–H and O–H groups in total. The van der Waals surface area contributed by atoms with Crippen molar-refractivity contribution >= 4 is 23.5 Å². The molecule has 0 rings (SSSR count). The van der Waals surface area contributed by atoms with Gasteiger partial charge in [0, 0.05) is 0 Å². The van der Waals surface area contributed by atoms with E-state index in [1.807, 2.05) is 20.8 Å². The second-order valence-electron chi connectivity index (χ2n) is 4.04. The fourth-order valence-electron chi connectivity index (χ4n) is 1.26. The fourth-order valence-corrected chi connectivity index (χ4v) is 2.09. The fraction of sp³-hybridized carbons (Fsp3) is 0.818. The number of thioether (sulfide) groups is 1. The van der Waals surface area contributed by atoms with Crippen LogP contribution >= 0.6 is 11.8 Å². The van der Waals surface area contributed by atoms with E-state index in [1.165, 1.54) is 11.8 Å². The van der Waals surface area contributed by atoms with Crippen molar-refractivity contribution in [3.05, 3.63) is 0 Å². The molecule has 3 nitrogen and oxygen atoms in total. The summed E-state index contributed by atoms with van der Waals surface area (Å²) in [6.07, 6.45) is 1.46. The van der Waals surface area contributed by atoms with Gasteiger partial charge in [-0.25, -0.2) is 0 Å². The van der Waals surface area contributed by atoms with Gasteiger partial charge in [-0.3, -0.25) is 9.59 Å². The summed E-state index contributed by atoms with van der Waals surface area (Å²) in [5.41, 5.74) is 0. The maximum Gasteiger partial charge on any atom is 0.314 e. The quantitative estimate of drug-likeness (QED) is 0.516. The summed E-state index contributed by atoms with van der Waals surface area (Å²) in [6, 6.07) is 0. The molecule has 0 saturated carbocycles. The zero-order valence-corrected chi connectivity index (χ0v) is 10.5. The molecule has 0 aliphatic rings. The van der Waals surface area contributed by atoms with Gasteiger partial charge in [0.15, 0.2) is 5.78 Å². The van der Waals surface area contributed by atoms with E-state index in [1.54, 1.807) is 0 Å². The molecule has 15 heavy (non-hydrogen) atoms. The number of Topliss-reactive ketones (excluding diaryl/α,β-unsaturated/α-hetero) is 1. The molecule has 0 aliphatic heterocycles. The van der Waals surface area contributed by atoms with Crippen LogP contribution in [0.25, 0.3) is 0 Å². The summed E-state index contributed by atoms with van der Waals surface area (Å²) in [5, 5.41) is 8.92. The highest BCUT2D eigenvalue weighted by Gasteiger charge is 2.26. The monoisotopic (exact) mass is 232 g/mol. The molecule has 1 unspecified atom stereocenters. The van der Waals surface area contributed by atoms with Crippen LogP contribution in [0.1, 0.15) is 33.6 Å². The highest BCUT2D eigenvalue weighted by Crippen LogP contribution is 2.16. The van der Waals surface area contributed by atoms with Gasteiger partial charge in [-0.05, 0) is 24.5 Å². The summed E-state index contributed by atoms with van der Waals surface area (Å²) in [4.78, 5) is 22.5. The zero-order chi connectivity index (χ0) is 11.8. The van der Waals surface area contributed by atoms with Crippen LogP contribution in [0.5, 0.6) is 0 Å². The topological polar surface area (TPSA) is 54.4 Å². The van der Waals surface area contributed by atoms with E-state index >= 15 is 0 Å². The summed E-state index contributed by atoms with van der Waals surface area (Å²) in [5.74, 6) is -0.446. The number of hydrogen-bond donors (Lipinski definition) is 1. The molecule has 0 aromatic carbocycles. The van der Waals surface area contributed by atoms with Crippen molar-refractivity contribution in [3.63, 3.8) is 0 Å². The van der Waals surface area contributed by atoms with Crippen LogP contribution in [-0.4, -0.2) is 28.4 Å². The maximum atomic E-state index is 11.6. The zero-order valence-electron chi connectivity index (χ0n) is 9.66. The Labute approximate surface area is 95.6 Å². The number of aliphatic carboxylic acids is 1. The van der Waals surface area contributed by atoms with Crippen molar-refractivity contribution in [1.29, 1.82) is 0 Å². The average Bonchev–Trinajstić information content (AvgIpc) is 2.13. The first-order chi connectivity index (χ1) is 6.99. The third kappa shape index (κ3) is 6.55. The molecule has 0 spiro atoms. The lowest BCUT2D eigenvalue weighted by Gasteiger charge is -2.13. The van der Waals surface area contributed by atoms with Crippen LogP contribution in [-0.2, 0) is 9.59 Å². The SMILES string of the molecule is CCCSCC(=O)C(CC(C)C)C(=O)O.